The van der Waals surface area contributed by atoms with Crippen LogP contribution in [0.25, 0.3) is 0 Å². The van der Waals surface area contributed by atoms with E-state index in [0.29, 0.717) is 19.4 Å². The van der Waals surface area contributed by atoms with Gasteiger partial charge in [0.1, 0.15) is 5.75 Å². The number of hydrogen-bond donors (Lipinski definition) is 2. The van der Waals surface area contributed by atoms with Crippen molar-refractivity contribution in [1.82, 2.24) is 5.32 Å². The van der Waals surface area contributed by atoms with Crippen molar-refractivity contribution in [1.29, 1.82) is 0 Å². The van der Waals surface area contributed by atoms with E-state index in [1.807, 2.05) is 30.3 Å². The first-order valence-corrected chi connectivity index (χ1v) is 6.82. The Morgan fingerprint density at radius 3 is 2.25 bits per heavy atom. The van der Waals surface area contributed by atoms with Crippen molar-refractivity contribution in [2.45, 2.75) is 19.3 Å². The van der Waals surface area contributed by atoms with Crippen LogP contribution in [0.4, 0.5) is 0 Å². The highest BCUT2D eigenvalue weighted by Crippen LogP contribution is 2.10. The summed E-state index contributed by atoms with van der Waals surface area (Å²) in [6, 6.07) is 17.1. The zero-order chi connectivity index (χ0) is 14.2. The van der Waals surface area contributed by atoms with Gasteiger partial charge in [0.15, 0.2) is 0 Å². The molecule has 0 heterocycles. The molecule has 0 fully saturated rings. The second-order valence-corrected chi connectivity index (χ2v) is 4.75. The van der Waals surface area contributed by atoms with Gasteiger partial charge in [0.25, 0.3) is 0 Å². The van der Waals surface area contributed by atoms with Crippen molar-refractivity contribution >= 4 is 5.91 Å². The van der Waals surface area contributed by atoms with Crippen LogP contribution in [0.15, 0.2) is 54.6 Å². The third-order valence-electron chi connectivity index (χ3n) is 3.16. The molecule has 0 unspecified atom stereocenters. The van der Waals surface area contributed by atoms with E-state index < -0.39 is 0 Å². The second-order valence-electron chi connectivity index (χ2n) is 4.75. The van der Waals surface area contributed by atoms with Crippen LogP contribution in [0.1, 0.15) is 17.5 Å². The van der Waals surface area contributed by atoms with Crippen molar-refractivity contribution in [3.63, 3.8) is 0 Å². The van der Waals surface area contributed by atoms with Gasteiger partial charge in [-0.25, -0.2) is 0 Å². The molecule has 0 aliphatic carbocycles. The molecule has 20 heavy (non-hydrogen) atoms. The lowest BCUT2D eigenvalue weighted by Gasteiger charge is -2.05. The molecule has 0 spiro atoms. The van der Waals surface area contributed by atoms with Crippen molar-refractivity contribution in [2.24, 2.45) is 0 Å². The molecule has 3 heteroatoms. The fourth-order valence-electron chi connectivity index (χ4n) is 2.00. The number of phenols is 1. The van der Waals surface area contributed by atoms with Crippen LogP contribution in [0.3, 0.4) is 0 Å². The number of phenolic OH excluding ortho intramolecular Hbond substituents is 1. The van der Waals surface area contributed by atoms with E-state index >= 15 is 0 Å². The lowest BCUT2D eigenvalue weighted by Crippen LogP contribution is -2.25. The van der Waals surface area contributed by atoms with Crippen LogP contribution in [0.5, 0.6) is 5.75 Å². The largest absolute Gasteiger partial charge is 0.508 e. The quantitative estimate of drug-likeness (QED) is 0.847. The van der Waals surface area contributed by atoms with E-state index in [0.717, 1.165) is 12.0 Å². The van der Waals surface area contributed by atoms with Crippen molar-refractivity contribution in [3.8, 4) is 5.75 Å². The molecule has 104 valence electrons. The highest BCUT2D eigenvalue weighted by atomic mass is 16.3. The number of amides is 1. The molecule has 0 saturated carbocycles. The molecule has 0 saturated heterocycles. The highest BCUT2D eigenvalue weighted by Gasteiger charge is 2.02. The zero-order valence-corrected chi connectivity index (χ0v) is 11.4. The van der Waals surface area contributed by atoms with E-state index in [1.165, 1.54) is 5.56 Å². The minimum Gasteiger partial charge on any atom is -0.508 e. The van der Waals surface area contributed by atoms with Gasteiger partial charge < -0.3 is 10.4 Å². The molecule has 0 atom stereocenters. The Balaban J connectivity index is 1.67. The van der Waals surface area contributed by atoms with Crippen molar-refractivity contribution < 1.29 is 9.90 Å². The molecule has 3 nitrogen and oxygen atoms in total. The molecule has 2 aromatic rings. The average Bonchev–Trinajstić information content (AvgIpc) is 2.48. The fraction of sp³-hybridized carbons (Fsp3) is 0.235. The van der Waals surface area contributed by atoms with Gasteiger partial charge >= 0.3 is 0 Å². The van der Waals surface area contributed by atoms with Gasteiger partial charge in [-0.15, -0.1) is 0 Å². The molecular weight excluding hydrogens is 250 g/mol. The van der Waals surface area contributed by atoms with Gasteiger partial charge in [0.2, 0.25) is 5.91 Å². The number of benzene rings is 2. The molecule has 0 bridgehead atoms. The van der Waals surface area contributed by atoms with Crippen LogP contribution >= 0.6 is 0 Å². The topological polar surface area (TPSA) is 49.3 Å². The predicted molar refractivity (Wildman–Crippen MR) is 79.6 cm³/mol. The Labute approximate surface area is 119 Å². The van der Waals surface area contributed by atoms with E-state index in [9.17, 15) is 9.90 Å². The van der Waals surface area contributed by atoms with E-state index in [1.54, 1.807) is 12.1 Å². The summed E-state index contributed by atoms with van der Waals surface area (Å²) in [7, 11) is 0. The summed E-state index contributed by atoms with van der Waals surface area (Å²) in [6.07, 6.45) is 2.02. The Bertz CT molecular complexity index is 535. The Hall–Kier alpha value is -2.29. The number of carbonyl (C=O) groups excluding carboxylic acids is 1. The number of carbonyl (C=O) groups is 1. The van der Waals surface area contributed by atoms with Crippen LogP contribution < -0.4 is 5.32 Å². The summed E-state index contributed by atoms with van der Waals surface area (Å²) in [5.41, 5.74) is 2.28. The predicted octanol–water partition coefficient (Wildman–Crippen LogP) is 2.68. The first-order chi connectivity index (χ1) is 9.74. The smallest absolute Gasteiger partial charge is 0.220 e. The number of aryl methyl sites for hydroxylation is 1. The minimum absolute atomic E-state index is 0.0639. The Morgan fingerprint density at radius 1 is 0.900 bits per heavy atom. The number of nitrogens with one attached hydrogen (secondary N) is 1. The van der Waals surface area contributed by atoms with Gasteiger partial charge in [-0.3, -0.25) is 4.79 Å². The van der Waals surface area contributed by atoms with Gasteiger partial charge in [-0.1, -0.05) is 42.5 Å². The summed E-state index contributed by atoms with van der Waals surface area (Å²) < 4.78 is 0. The van der Waals surface area contributed by atoms with E-state index in [2.05, 4.69) is 17.4 Å². The second kappa shape index (κ2) is 7.34. The molecule has 0 aromatic heterocycles. The monoisotopic (exact) mass is 269 g/mol. The molecule has 0 aliphatic rings. The standard InChI is InChI=1S/C17H19NO2/c19-16-9-6-15(7-10-16)8-11-17(20)18-13-12-14-4-2-1-3-5-14/h1-7,9-10,19H,8,11-13H2,(H,18,20). The number of aromatic hydroxyl groups is 1. The maximum absolute atomic E-state index is 11.7. The van der Waals surface area contributed by atoms with Gasteiger partial charge in [0, 0.05) is 13.0 Å². The fourth-order valence-corrected chi connectivity index (χ4v) is 2.00. The SMILES string of the molecule is O=C(CCc1ccc(O)cc1)NCCc1ccccc1. The van der Waals surface area contributed by atoms with E-state index in [-0.39, 0.29) is 11.7 Å². The maximum atomic E-state index is 11.7. The summed E-state index contributed by atoms with van der Waals surface area (Å²) in [4.78, 5) is 11.7. The zero-order valence-electron chi connectivity index (χ0n) is 11.4. The maximum Gasteiger partial charge on any atom is 0.220 e. The number of rotatable bonds is 6. The third-order valence-corrected chi connectivity index (χ3v) is 3.16. The molecule has 0 aliphatic heterocycles. The van der Waals surface area contributed by atoms with Crippen LogP contribution in [0.2, 0.25) is 0 Å². The number of hydrogen-bond acceptors (Lipinski definition) is 2. The third kappa shape index (κ3) is 4.76. The van der Waals surface area contributed by atoms with Crippen LogP contribution in [-0.4, -0.2) is 17.6 Å². The Kier molecular flexibility index (Phi) is 5.18. The molecule has 2 rings (SSSR count). The summed E-state index contributed by atoms with van der Waals surface area (Å²) in [6.45, 7) is 0.665. The average molecular weight is 269 g/mol. The van der Waals surface area contributed by atoms with Crippen LogP contribution in [0, 0.1) is 0 Å². The first-order valence-electron chi connectivity index (χ1n) is 6.82. The van der Waals surface area contributed by atoms with Crippen LogP contribution in [-0.2, 0) is 17.6 Å². The van der Waals surface area contributed by atoms with Crippen molar-refractivity contribution in [2.75, 3.05) is 6.54 Å². The first kappa shape index (κ1) is 14.1. The van der Waals surface area contributed by atoms with Gasteiger partial charge in [0.05, 0.1) is 0 Å². The summed E-state index contributed by atoms with van der Waals surface area (Å²) in [5.74, 6) is 0.315. The van der Waals surface area contributed by atoms with Gasteiger partial charge in [-0.05, 0) is 36.1 Å². The normalized spacial score (nSPS) is 10.2. The molecule has 2 aromatic carbocycles. The summed E-state index contributed by atoms with van der Waals surface area (Å²) >= 11 is 0. The Morgan fingerprint density at radius 2 is 1.55 bits per heavy atom. The lowest BCUT2D eigenvalue weighted by atomic mass is 10.1. The van der Waals surface area contributed by atoms with E-state index in [4.69, 9.17) is 0 Å². The van der Waals surface area contributed by atoms with Gasteiger partial charge in [-0.2, -0.15) is 0 Å². The molecule has 1 amide bonds. The summed E-state index contributed by atoms with van der Waals surface area (Å²) in [5, 5.41) is 12.1. The minimum atomic E-state index is 0.0639. The molecule has 0 radical (unpaired) electrons. The molecular formula is C17H19NO2. The lowest BCUT2D eigenvalue weighted by molar-refractivity contribution is -0.121. The van der Waals surface area contributed by atoms with Crippen molar-refractivity contribution in [3.05, 3.63) is 65.7 Å². The highest BCUT2D eigenvalue weighted by molar-refractivity contribution is 5.76. The molecule has 2 N–H and O–H groups in total.